The molecule has 0 aliphatic carbocycles. The molecule has 0 radical (unpaired) electrons. The lowest BCUT2D eigenvalue weighted by atomic mass is 9.86. The van der Waals surface area contributed by atoms with Crippen molar-refractivity contribution in [1.29, 1.82) is 0 Å². The molecule has 0 bridgehead atoms. The number of nitrogens with zero attached hydrogens (tertiary/aromatic N) is 4. The minimum absolute atomic E-state index is 0.214. The van der Waals surface area contributed by atoms with Crippen LogP contribution in [0.1, 0.15) is 57.6 Å². The van der Waals surface area contributed by atoms with E-state index >= 15 is 0 Å². The summed E-state index contributed by atoms with van der Waals surface area (Å²) in [6, 6.07) is 11.6. The molecule has 2 saturated heterocycles. The van der Waals surface area contributed by atoms with Crippen LogP contribution < -0.4 is 10.2 Å². The van der Waals surface area contributed by atoms with Gasteiger partial charge in [0.15, 0.2) is 0 Å². The molecule has 0 atom stereocenters. The summed E-state index contributed by atoms with van der Waals surface area (Å²) >= 11 is 0. The van der Waals surface area contributed by atoms with E-state index in [0.717, 1.165) is 44.5 Å². The lowest BCUT2D eigenvalue weighted by molar-refractivity contribution is 0.152. The largest absolute Gasteiger partial charge is 0.356 e. The minimum atomic E-state index is 0.214. The predicted octanol–water partition coefficient (Wildman–Crippen LogP) is 4.45. The van der Waals surface area contributed by atoms with E-state index in [1.54, 1.807) is 0 Å². The Balaban J connectivity index is 1.27. The predicted molar refractivity (Wildman–Crippen MR) is 121 cm³/mol. The van der Waals surface area contributed by atoms with Crippen LogP contribution in [0.15, 0.2) is 36.5 Å². The van der Waals surface area contributed by atoms with E-state index in [2.05, 4.69) is 65.1 Å². The van der Waals surface area contributed by atoms with E-state index in [1.807, 2.05) is 12.3 Å². The van der Waals surface area contributed by atoms with Gasteiger partial charge in [0.05, 0.1) is 6.04 Å². The Morgan fingerprint density at radius 1 is 0.966 bits per heavy atom. The number of benzene rings is 1. The molecule has 0 unspecified atom stereocenters. The van der Waals surface area contributed by atoms with Gasteiger partial charge in [0.2, 0.25) is 5.95 Å². The van der Waals surface area contributed by atoms with Gasteiger partial charge in [-0.3, -0.25) is 4.90 Å². The summed E-state index contributed by atoms with van der Waals surface area (Å²) in [5, 5.41) is 3.53. The summed E-state index contributed by atoms with van der Waals surface area (Å²) in [5.41, 5.74) is 2.99. The van der Waals surface area contributed by atoms with Gasteiger partial charge in [-0.2, -0.15) is 4.98 Å². The maximum atomic E-state index is 4.79. The number of anilines is 2. The lowest BCUT2D eigenvalue weighted by Crippen LogP contribution is -2.54. The normalized spacial score (nSPS) is 18.9. The van der Waals surface area contributed by atoms with Crippen molar-refractivity contribution in [1.82, 2.24) is 14.9 Å². The second-order valence-corrected chi connectivity index (χ2v) is 9.62. The first-order valence-electron chi connectivity index (χ1n) is 11.1. The highest BCUT2D eigenvalue weighted by Crippen LogP contribution is 2.24. The molecule has 2 aliphatic heterocycles. The summed E-state index contributed by atoms with van der Waals surface area (Å²) < 4.78 is 0. The number of aromatic nitrogens is 2. The number of hydrogen-bond acceptors (Lipinski definition) is 5. The zero-order chi connectivity index (χ0) is 20.3. The SMILES string of the molecule is CC(C)(C)c1ccc(CN2CC(Nc3nccc(N4CCCCCC4)n3)C2)cc1. The first-order chi connectivity index (χ1) is 14.0. The summed E-state index contributed by atoms with van der Waals surface area (Å²) in [6.45, 7) is 12.1. The highest BCUT2D eigenvalue weighted by Gasteiger charge is 2.27. The Kier molecular flexibility index (Phi) is 6.04. The van der Waals surface area contributed by atoms with Crippen LogP contribution in [0.25, 0.3) is 0 Å². The molecule has 1 N–H and O–H groups in total. The van der Waals surface area contributed by atoms with E-state index in [1.165, 1.54) is 36.8 Å². The van der Waals surface area contributed by atoms with Crippen molar-refractivity contribution in [3.8, 4) is 0 Å². The average Bonchev–Trinajstić information content (AvgIpc) is 2.96. The zero-order valence-corrected chi connectivity index (χ0v) is 18.2. The van der Waals surface area contributed by atoms with Crippen LogP contribution in [0.4, 0.5) is 11.8 Å². The van der Waals surface area contributed by atoms with Crippen LogP contribution in [-0.4, -0.2) is 47.1 Å². The molecule has 2 fully saturated rings. The Morgan fingerprint density at radius 3 is 2.31 bits per heavy atom. The molecule has 5 heteroatoms. The number of likely N-dealkylation sites (tertiary alicyclic amines) is 1. The standard InChI is InChI=1S/C24H35N5/c1-24(2,3)20-10-8-19(9-11-20)16-28-17-21(18-28)26-23-25-13-12-22(27-23)29-14-6-4-5-7-15-29/h8-13,21H,4-7,14-18H2,1-3H3,(H,25,26,27). The molecule has 0 spiro atoms. The van der Waals surface area contributed by atoms with E-state index in [4.69, 9.17) is 4.98 Å². The monoisotopic (exact) mass is 393 g/mol. The molecule has 1 aromatic heterocycles. The molecule has 4 rings (SSSR count). The molecule has 1 aromatic carbocycles. The minimum Gasteiger partial charge on any atom is -0.356 e. The van der Waals surface area contributed by atoms with Gasteiger partial charge >= 0.3 is 0 Å². The first-order valence-corrected chi connectivity index (χ1v) is 11.1. The van der Waals surface area contributed by atoms with Crippen LogP contribution in [0.5, 0.6) is 0 Å². The highest BCUT2D eigenvalue weighted by atomic mass is 15.3. The molecule has 0 saturated carbocycles. The smallest absolute Gasteiger partial charge is 0.224 e. The van der Waals surface area contributed by atoms with Crippen molar-refractivity contribution < 1.29 is 0 Å². The van der Waals surface area contributed by atoms with E-state index in [9.17, 15) is 0 Å². The Morgan fingerprint density at radius 2 is 1.66 bits per heavy atom. The van der Waals surface area contributed by atoms with Crippen LogP contribution in [0, 0.1) is 0 Å². The summed E-state index contributed by atoms with van der Waals surface area (Å²) in [4.78, 5) is 14.1. The van der Waals surface area contributed by atoms with Gasteiger partial charge in [0.1, 0.15) is 5.82 Å². The third kappa shape index (κ3) is 5.27. The summed E-state index contributed by atoms with van der Waals surface area (Å²) in [5.74, 6) is 1.84. The van der Waals surface area contributed by atoms with Crippen molar-refractivity contribution in [3.63, 3.8) is 0 Å². The lowest BCUT2D eigenvalue weighted by Gasteiger charge is -2.39. The molecule has 5 nitrogen and oxygen atoms in total. The Hall–Kier alpha value is -2.14. The molecule has 2 aliphatic rings. The zero-order valence-electron chi connectivity index (χ0n) is 18.2. The van der Waals surface area contributed by atoms with Crippen LogP contribution >= 0.6 is 0 Å². The molecular formula is C24H35N5. The average molecular weight is 394 g/mol. The van der Waals surface area contributed by atoms with Gasteiger partial charge in [-0.15, -0.1) is 0 Å². The third-order valence-electron chi connectivity index (χ3n) is 6.09. The molecule has 0 amide bonds. The first kappa shape index (κ1) is 20.1. The maximum Gasteiger partial charge on any atom is 0.224 e. The fourth-order valence-corrected chi connectivity index (χ4v) is 4.24. The van der Waals surface area contributed by atoms with Crippen molar-refractivity contribution in [2.45, 2.75) is 64.5 Å². The molecule has 2 aromatic rings. The van der Waals surface area contributed by atoms with Gasteiger partial charge < -0.3 is 10.2 Å². The van der Waals surface area contributed by atoms with Crippen molar-refractivity contribution in [2.24, 2.45) is 0 Å². The fourth-order valence-electron chi connectivity index (χ4n) is 4.24. The van der Waals surface area contributed by atoms with Crippen LogP contribution in [0.2, 0.25) is 0 Å². The fraction of sp³-hybridized carbons (Fsp3) is 0.583. The van der Waals surface area contributed by atoms with Crippen molar-refractivity contribution in [3.05, 3.63) is 47.7 Å². The van der Waals surface area contributed by atoms with E-state index in [0.29, 0.717) is 6.04 Å². The molecule has 29 heavy (non-hydrogen) atoms. The topological polar surface area (TPSA) is 44.3 Å². The second kappa shape index (κ2) is 8.70. The van der Waals surface area contributed by atoms with Crippen molar-refractivity contribution >= 4 is 11.8 Å². The number of hydrogen-bond donors (Lipinski definition) is 1. The Bertz CT molecular complexity index is 782. The van der Waals surface area contributed by atoms with Crippen LogP contribution in [-0.2, 0) is 12.0 Å². The highest BCUT2D eigenvalue weighted by molar-refractivity contribution is 5.43. The van der Waals surface area contributed by atoms with Crippen LogP contribution in [0.3, 0.4) is 0 Å². The summed E-state index contributed by atoms with van der Waals surface area (Å²) in [6.07, 6.45) is 7.10. The molecule has 3 heterocycles. The van der Waals surface area contributed by atoms with E-state index in [-0.39, 0.29) is 5.41 Å². The molecule has 156 valence electrons. The van der Waals surface area contributed by atoms with Gasteiger partial charge in [0, 0.05) is 38.9 Å². The maximum absolute atomic E-state index is 4.79. The number of nitrogens with one attached hydrogen (secondary N) is 1. The van der Waals surface area contributed by atoms with Gasteiger partial charge in [-0.1, -0.05) is 57.9 Å². The number of rotatable bonds is 5. The van der Waals surface area contributed by atoms with Crippen molar-refractivity contribution in [2.75, 3.05) is 36.4 Å². The quantitative estimate of drug-likeness (QED) is 0.813. The third-order valence-corrected chi connectivity index (χ3v) is 6.09. The van der Waals surface area contributed by atoms with Gasteiger partial charge in [0.25, 0.3) is 0 Å². The second-order valence-electron chi connectivity index (χ2n) is 9.62. The van der Waals surface area contributed by atoms with Gasteiger partial charge in [-0.25, -0.2) is 4.98 Å². The molecular weight excluding hydrogens is 358 g/mol. The summed E-state index contributed by atoms with van der Waals surface area (Å²) in [7, 11) is 0. The Labute approximate surface area is 175 Å². The van der Waals surface area contributed by atoms with Gasteiger partial charge in [-0.05, 0) is 35.4 Å². The van der Waals surface area contributed by atoms with E-state index < -0.39 is 0 Å².